The Morgan fingerprint density at radius 3 is 2.57 bits per heavy atom. The molecule has 0 atom stereocenters. The van der Waals surface area contributed by atoms with Crippen LogP contribution in [0, 0.1) is 5.92 Å². The van der Waals surface area contributed by atoms with Crippen molar-refractivity contribution in [3.8, 4) is 0 Å². The van der Waals surface area contributed by atoms with E-state index in [-0.39, 0.29) is 5.54 Å². The van der Waals surface area contributed by atoms with Crippen LogP contribution in [-0.2, 0) is 11.3 Å². The third-order valence-electron chi connectivity index (χ3n) is 3.81. The van der Waals surface area contributed by atoms with E-state index in [2.05, 4.69) is 41.4 Å². The zero-order valence-electron chi connectivity index (χ0n) is 13.7. The molecule has 1 aromatic rings. The van der Waals surface area contributed by atoms with Crippen LogP contribution < -0.4 is 10.6 Å². The maximum atomic E-state index is 5.44. The lowest BCUT2D eigenvalue weighted by Gasteiger charge is -2.27. The molecular formula is C16H28N4O. The molecule has 118 valence electrons. The van der Waals surface area contributed by atoms with E-state index in [1.54, 1.807) is 0 Å². The van der Waals surface area contributed by atoms with E-state index in [0.29, 0.717) is 13.2 Å². The summed E-state index contributed by atoms with van der Waals surface area (Å²) in [5.74, 6) is 3.23. The molecule has 1 fully saturated rings. The Morgan fingerprint density at radius 2 is 1.95 bits per heavy atom. The minimum atomic E-state index is 0.0826. The Balaban J connectivity index is 2.13. The Bertz CT molecular complexity index is 431. The molecule has 0 saturated heterocycles. The molecule has 21 heavy (non-hydrogen) atoms. The summed E-state index contributed by atoms with van der Waals surface area (Å²) in [7, 11) is 0. The normalized spacial score (nSPS) is 15.0. The summed E-state index contributed by atoms with van der Waals surface area (Å²) in [5.41, 5.74) is 0.0826. The van der Waals surface area contributed by atoms with Gasteiger partial charge in [0.05, 0.1) is 0 Å². The average molecular weight is 292 g/mol. The van der Waals surface area contributed by atoms with Crippen LogP contribution in [0.3, 0.4) is 0 Å². The molecule has 0 aromatic carbocycles. The Hall–Kier alpha value is -1.36. The van der Waals surface area contributed by atoms with Gasteiger partial charge in [-0.2, -0.15) is 0 Å². The van der Waals surface area contributed by atoms with Crippen molar-refractivity contribution in [1.82, 2.24) is 9.97 Å². The van der Waals surface area contributed by atoms with Gasteiger partial charge in [0.15, 0.2) is 5.82 Å². The molecule has 2 N–H and O–H groups in total. The van der Waals surface area contributed by atoms with Gasteiger partial charge in [-0.3, -0.25) is 0 Å². The minimum Gasteiger partial charge on any atom is -0.374 e. The number of aromatic nitrogens is 2. The van der Waals surface area contributed by atoms with Gasteiger partial charge in [-0.25, -0.2) is 9.97 Å². The second-order valence-corrected chi connectivity index (χ2v) is 6.24. The van der Waals surface area contributed by atoms with Crippen molar-refractivity contribution < 1.29 is 4.74 Å². The fraction of sp³-hybridized carbons (Fsp3) is 0.750. The van der Waals surface area contributed by atoms with E-state index in [9.17, 15) is 0 Å². The van der Waals surface area contributed by atoms with Crippen molar-refractivity contribution >= 4 is 11.6 Å². The molecule has 2 rings (SSSR count). The minimum absolute atomic E-state index is 0.0826. The van der Waals surface area contributed by atoms with Crippen molar-refractivity contribution in [3.05, 3.63) is 11.9 Å². The smallest absolute Gasteiger partial charge is 0.158 e. The van der Waals surface area contributed by atoms with Gasteiger partial charge in [-0.1, -0.05) is 6.92 Å². The summed E-state index contributed by atoms with van der Waals surface area (Å²) < 4.78 is 5.44. The van der Waals surface area contributed by atoms with Crippen molar-refractivity contribution in [2.75, 3.05) is 23.8 Å². The number of nitrogens with one attached hydrogen (secondary N) is 2. The van der Waals surface area contributed by atoms with E-state index < -0.39 is 0 Å². The van der Waals surface area contributed by atoms with Gasteiger partial charge < -0.3 is 15.4 Å². The van der Waals surface area contributed by atoms with Crippen molar-refractivity contribution in [2.45, 2.75) is 59.1 Å². The van der Waals surface area contributed by atoms with Gasteiger partial charge in [0.2, 0.25) is 0 Å². The standard InChI is InChI=1S/C16H28N4O/c1-5-9-17-13-10-14(19-15(18-13)11-21-6-2)20-16(3,4)12-7-8-12/h10,12H,5-9,11H2,1-4H3,(H2,17,18,19,20). The largest absolute Gasteiger partial charge is 0.374 e. The molecule has 0 bridgehead atoms. The van der Waals surface area contributed by atoms with Gasteiger partial charge in [-0.05, 0) is 46.0 Å². The van der Waals surface area contributed by atoms with Crippen molar-refractivity contribution in [2.24, 2.45) is 5.92 Å². The first kappa shape index (κ1) is 16.0. The predicted molar refractivity (Wildman–Crippen MR) is 86.6 cm³/mol. The topological polar surface area (TPSA) is 59.1 Å². The summed E-state index contributed by atoms with van der Waals surface area (Å²) in [5, 5.41) is 6.90. The third-order valence-corrected chi connectivity index (χ3v) is 3.81. The molecule has 1 aliphatic rings. The summed E-state index contributed by atoms with van der Waals surface area (Å²) >= 11 is 0. The average Bonchev–Trinajstić information content (AvgIpc) is 3.27. The lowest BCUT2D eigenvalue weighted by atomic mass is 9.99. The number of ether oxygens (including phenoxy) is 1. The fourth-order valence-corrected chi connectivity index (χ4v) is 2.40. The maximum Gasteiger partial charge on any atom is 0.158 e. The number of hydrogen-bond acceptors (Lipinski definition) is 5. The zero-order valence-corrected chi connectivity index (χ0v) is 13.7. The molecule has 0 radical (unpaired) electrons. The highest BCUT2D eigenvalue weighted by Crippen LogP contribution is 2.40. The fourth-order valence-electron chi connectivity index (χ4n) is 2.40. The van der Waals surface area contributed by atoms with E-state index in [4.69, 9.17) is 4.74 Å². The van der Waals surface area contributed by atoms with Crippen LogP contribution in [-0.4, -0.2) is 28.7 Å². The quantitative estimate of drug-likeness (QED) is 0.730. The lowest BCUT2D eigenvalue weighted by Crippen LogP contribution is -2.33. The summed E-state index contributed by atoms with van der Waals surface area (Å²) in [4.78, 5) is 9.10. The van der Waals surface area contributed by atoms with Gasteiger partial charge in [0.1, 0.15) is 18.2 Å². The molecule has 1 aromatic heterocycles. The van der Waals surface area contributed by atoms with Crippen LogP contribution >= 0.6 is 0 Å². The predicted octanol–water partition coefficient (Wildman–Crippen LogP) is 3.44. The van der Waals surface area contributed by atoms with Crippen LogP contribution in [0.15, 0.2) is 6.07 Å². The highest BCUT2D eigenvalue weighted by atomic mass is 16.5. The molecular weight excluding hydrogens is 264 g/mol. The maximum absolute atomic E-state index is 5.44. The Kier molecular flexibility index (Phi) is 5.39. The zero-order chi connectivity index (χ0) is 15.3. The van der Waals surface area contributed by atoms with Crippen LogP contribution in [0.5, 0.6) is 0 Å². The first-order valence-corrected chi connectivity index (χ1v) is 8.03. The number of anilines is 2. The Morgan fingerprint density at radius 1 is 1.24 bits per heavy atom. The summed E-state index contributed by atoms with van der Waals surface area (Å²) in [6.07, 6.45) is 3.68. The molecule has 1 heterocycles. The van der Waals surface area contributed by atoms with Crippen LogP contribution in [0.25, 0.3) is 0 Å². The van der Waals surface area contributed by atoms with Crippen LogP contribution in [0.4, 0.5) is 11.6 Å². The van der Waals surface area contributed by atoms with E-state index in [1.165, 1.54) is 12.8 Å². The van der Waals surface area contributed by atoms with Gasteiger partial charge in [0.25, 0.3) is 0 Å². The molecule has 0 aliphatic heterocycles. The van der Waals surface area contributed by atoms with Gasteiger partial charge in [-0.15, -0.1) is 0 Å². The van der Waals surface area contributed by atoms with Crippen LogP contribution in [0.2, 0.25) is 0 Å². The molecule has 5 heteroatoms. The third kappa shape index (κ3) is 4.84. The molecule has 5 nitrogen and oxygen atoms in total. The summed E-state index contributed by atoms with van der Waals surface area (Å²) in [6, 6.07) is 2.00. The van der Waals surface area contributed by atoms with Crippen molar-refractivity contribution in [3.63, 3.8) is 0 Å². The van der Waals surface area contributed by atoms with Crippen LogP contribution in [0.1, 0.15) is 52.8 Å². The van der Waals surface area contributed by atoms with E-state index in [1.807, 2.05) is 13.0 Å². The molecule has 1 aliphatic carbocycles. The first-order valence-electron chi connectivity index (χ1n) is 8.03. The summed E-state index contributed by atoms with van der Waals surface area (Å²) in [6.45, 7) is 10.7. The molecule has 0 spiro atoms. The van der Waals surface area contributed by atoms with Gasteiger partial charge in [0, 0.05) is 24.8 Å². The number of hydrogen-bond donors (Lipinski definition) is 2. The number of rotatable bonds is 9. The van der Waals surface area contributed by atoms with E-state index in [0.717, 1.165) is 36.3 Å². The second kappa shape index (κ2) is 7.07. The molecule has 1 saturated carbocycles. The second-order valence-electron chi connectivity index (χ2n) is 6.24. The van der Waals surface area contributed by atoms with Crippen molar-refractivity contribution in [1.29, 1.82) is 0 Å². The van der Waals surface area contributed by atoms with E-state index >= 15 is 0 Å². The lowest BCUT2D eigenvalue weighted by molar-refractivity contribution is 0.128. The highest BCUT2D eigenvalue weighted by Gasteiger charge is 2.37. The molecule has 0 amide bonds. The highest BCUT2D eigenvalue weighted by molar-refractivity contribution is 5.49. The number of nitrogens with zero attached hydrogens (tertiary/aromatic N) is 2. The monoisotopic (exact) mass is 292 g/mol. The van der Waals surface area contributed by atoms with Gasteiger partial charge >= 0.3 is 0 Å². The first-order chi connectivity index (χ1) is 10.0. The SMILES string of the molecule is CCCNc1cc(NC(C)(C)C2CC2)nc(COCC)n1. The molecule has 0 unspecified atom stereocenters. The Labute approximate surface area is 127 Å².